The highest BCUT2D eigenvalue weighted by Crippen LogP contribution is 2.32. The van der Waals surface area contributed by atoms with Crippen molar-refractivity contribution in [2.45, 2.75) is 6.92 Å². The van der Waals surface area contributed by atoms with Crippen molar-refractivity contribution in [3.05, 3.63) is 53.8 Å². The third-order valence-corrected chi connectivity index (χ3v) is 3.46. The summed E-state index contributed by atoms with van der Waals surface area (Å²) in [7, 11) is 0. The summed E-state index contributed by atoms with van der Waals surface area (Å²) < 4.78 is 18.0. The number of esters is 1. The molecule has 0 saturated carbocycles. The molecular weight excluding hydrogens is 299 g/mol. The molecule has 0 atom stereocenters. The average molecular weight is 314 g/mol. The van der Waals surface area contributed by atoms with E-state index in [2.05, 4.69) is 5.32 Å². The Hall–Kier alpha value is -2.89. The number of aryl methyl sites for hydroxylation is 1. The van der Waals surface area contributed by atoms with Crippen LogP contribution in [0, 0.1) is 12.7 Å². The first kappa shape index (κ1) is 15.0. The molecule has 1 N–H and O–H groups in total. The predicted molar refractivity (Wildman–Crippen MR) is 84.1 cm³/mol. The number of carbonyl (C=O) groups excluding carboxylic acids is 2. The Bertz CT molecular complexity index is 759. The van der Waals surface area contributed by atoms with Crippen LogP contribution in [0.2, 0.25) is 0 Å². The van der Waals surface area contributed by atoms with Gasteiger partial charge in [0, 0.05) is 5.69 Å². The van der Waals surface area contributed by atoms with Crippen LogP contribution in [0.4, 0.5) is 15.8 Å². The minimum atomic E-state index is -0.407. The molecule has 118 valence electrons. The molecule has 23 heavy (non-hydrogen) atoms. The lowest BCUT2D eigenvalue weighted by Crippen LogP contribution is -2.41. The van der Waals surface area contributed by atoms with E-state index in [1.165, 1.54) is 24.3 Å². The lowest BCUT2D eigenvalue weighted by molar-refractivity contribution is -0.133. The number of hydrogen-bond acceptors (Lipinski definition) is 4. The third kappa shape index (κ3) is 3.48. The Morgan fingerprint density at radius 1 is 1.26 bits per heavy atom. The predicted octanol–water partition coefficient (Wildman–Crippen LogP) is 2.50. The van der Waals surface area contributed by atoms with E-state index in [0.717, 1.165) is 5.56 Å². The van der Waals surface area contributed by atoms with Gasteiger partial charge in [-0.25, -0.2) is 9.18 Å². The summed E-state index contributed by atoms with van der Waals surface area (Å²) in [6, 6.07) is 10.9. The largest absolute Gasteiger partial charge is 0.423 e. The maximum Gasteiger partial charge on any atom is 0.331 e. The van der Waals surface area contributed by atoms with Crippen molar-refractivity contribution in [1.82, 2.24) is 0 Å². The van der Waals surface area contributed by atoms with Gasteiger partial charge in [-0.1, -0.05) is 6.07 Å². The number of hydrogen-bond donors (Lipinski definition) is 1. The molecule has 1 heterocycles. The number of nitrogens with one attached hydrogen (secondary N) is 1. The molecule has 6 heteroatoms. The number of fused-ring (bicyclic) bond motifs is 1. The summed E-state index contributed by atoms with van der Waals surface area (Å²) in [5, 5.41) is 2.68. The highest BCUT2D eigenvalue weighted by Gasteiger charge is 2.25. The van der Waals surface area contributed by atoms with Crippen molar-refractivity contribution in [3.8, 4) is 5.75 Å². The number of nitrogens with zero attached hydrogens (tertiary/aromatic N) is 1. The number of halogens is 1. The fourth-order valence-electron chi connectivity index (χ4n) is 2.40. The second kappa shape index (κ2) is 6.08. The summed E-state index contributed by atoms with van der Waals surface area (Å²) in [5.41, 5.74) is 2.21. The quantitative estimate of drug-likeness (QED) is 0.698. The van der Waals surface area contributed by atoms with E-state index in [0.29, 0.717) is 17.1 Å². The van der Waals surface area contributed by atoms with Crippen molar-refractivity contribution in [1.29, 1.82) is 0 Å². The molecule has 2 aromatic rings. The van der Waals surface area contributed by atoms with Gasteiger partial charge in [0.1, 0.15) is 12.4 Å². The first-order chi connectivity index (χ1) is 11.0. The van der Waals surface area contributed by atoms with E-state index < -0.39 is 5.97 Å². The van der Waals surface area contributed by atoms with Gasteiger partial charge in [-0.15, -0.1) is 0 Å². The lowest BCUT2D eigenvalue weighted by atomic mass is 10.1. The van der Waals surface area contributed by atoms with E-state index in [9.17, 15) is 14.0 Å². The van der Waals surface area contributed by atoms with Gasteiger partial charge < -0.3 is 15.0 Å². The van der Waals surface area contributed by atoms with Gasteiger partial charge in [0.15, 0.2) is 5.75 Å². The van der Waals surface area contributed by atoms with E-state index in [1.54, 1.807) is 11.0 Å². The maximum absolute atomic E-state index is 12.9. The zero-order valence-electron chi connectivity index (χ0n) is 12.5. The molecule has 0 bridgehead atoms. The van der Waals surface area contributed by atoms with Gasteiger partial charge in [0.25, 0.3) is 0 Å². The standard InChI is InChI=1S/C17H15FN2O3/c1-11-2-7-15-14(8-11)20(10-17(22)23-15)9-16(21)19-13-5-3-12(18)4-6-13/h2-8H,9-10H2,1H3,(H,19,21). The van der Waals surface area contributed by atoms with Gasteiger partial charge in [0.05, 0.1) is 12.2 Å². The minimum absolute atomic E-state index is 0.00291. The minimum Gasteiger partial charge on any atom is -0.423 e. The Balaban J connectivity index is 1.74. The molecule has 3 rings (SSSR count). The van der Waals surface area contributed by atoms with Crippen LogP contribution in [0.1, 0.15) is 5.56 Å². The summed E-state index contributed by atoms with van der Waals surface area (Å²) in [5.74, 6) is -0.623. The van der Waals surface area contributed by atoms with Crippen LogP contribution in [-0.4, -0.2) is 25.0 Å². The van der Waals surface area contributed by atoms with Crippen molar-refractivity contribution >= 4 is 23.3 Å². The molecule has 1 amide bonds. The van der Waals surface area contributed by atoms with Crippen LogP contribution in [-0.2, 0) is 9.59 Å². The van der Waals surface area contributed by atoms with Gasteiger partial charge >= 0.3 is 5.97 Å². The number of ether oxygens (including phenoxy) is 1. The van der Waals surface area contributed by atoms with E-state index in [1.807, 2.05) is 19.1 Å². The topological polar surface area (TPSA) is 58.6 Å². The molecule has 0 fully saturated rings. The Kier molecular flexibility index (Phi) is 3.97. The SMILES string of the molecule is Cc1ccc2c(c1)N(CC(=O)Nc1ccc(F)cc1)CC(=O)O2. The van der Waals surface area contributed by atoms with E-state index >= 15 is 0 Å². The summed E-state index contributed by atoms with van der Waals surface area (Å²) in [6.07, 6.45) is 0. The van der Waals surface area contributed by atoms with Crippen LogP contribution in [0.5, 0.6) is 5.75 Å². The maximum atomic E-state index is 12.9. The monoisotopic (exact) mass is 314 g/mol. The number of anilines is 2. The van der Waals surface area contributed by atoms with Crippen LogP contribution in [0.3, 0.4) is 0 Å². The number of carbonyl (C=O) groups is 2. The molecule has 0 saturated heterocycles. The molecule has 0 aromatic heterocycles. The van der Waals surface area contributed by atoms with Crippen molar-refractivity contribution in [2.75, 3.05) is 23.3 Å². The molecule has 0 radical (unpaired) electrons. The van der Waals surface area contributed by atoms with Crippen molar-refractivity contribution in [3.63, 3.8) is 0 Å². The van der Waals surface area contributed by atoms with Crippen LogP contribution < -0.4 is 15.0 Å². The van der Waals surface area contributed by atoms with Gasteiger partial charge in [-0.2, -0.15) is 0 Å². The average Bonchev–Trinajstić information content (AvgIpc) is 2.50. The normalized spacial score (nSPS) is 13.3. The molecule has 2 aromatic carbocycles. The fourth-order valence-corrected chi connectivity index (χ4v) is 2.40. The van der Waals surface area contributed by atoms with Crippen molar-refractivity contribution in [2.24, 2.45) is 0 Å². The van der Waals surface area contributed by atoms with E-state index in [4.69, 9.17) is 4.74 Å². The first-order valence-corrected chi connectivity index (χ1v) is 7.13. The summed E-state index contributed by atoms with van der Waals surface area (Å²) in [6.45, 7) is 1.93. The molecule has 1 aliphatic rings. The molecule has 1 aliphatic heterocycles. The number of benzene rings is 2. The first-order valence-electron chi connectivity index (χ1n) is 7.13. The van der Waals surface area contributed by atoms with Crippen molar-refractivity contribution < 1.29 is 18.7 Å². The zero-order chi connectivity index (χ0) is 16.4. The Morgan fingerprint density at radius 3 is 2.74 bits per heavy atom. The van der Waals surface area contributed by atoms with Crippen LogP contribution in [0.15, 0.2) is 42.5 Å². The number of amides is 1. The fraction of sp³-hybridized carbons (Fsp3) is 0.176. The molecule has 0 aliphatic carbocycles. The Morgan fingerprint density at radius 2 is 2.00 bits per heavy atom. The van der Waals surface area contributed by atoms with Gasteiger partial charge in [0.2, 0.25) is 5.91 Å². The second-order valence-corrected chi connectivity index (χ2v) is 5.36. The second-order valence-electron chi connectivity index (χ2n) is 5.36. The van der Waals surface area contributed by atoms with E-state index in [-0.39, 0.29) is 24.8 Å². The van der Waals surface area contributed by atoms with Gasteiger partial charge in [-0.05, 0) is 48.9 Å². The zero-order valence-corrected chi connectivity index (χ0v) is 12.5. The van der Waals surface area contributed by atoms with Crippen LogP contribution in [0.25, 0.3) is 0 Å². The highest BCUT2D eigenvalue weighted by atomic mass is 19.1. The summed E-state index contributed by atoms with van der Waals surface area (Å²) >= 11 is 0. The molecule has 0 spiro atoms. The molecule has 5 nitrogen and oxygen atoms in total. The third-order valence-electron chi connectivity index (χ3n) is 3.46. The van der Waals surface area contributed by atoms with Gasteiger partial charge in [-0.3, -0.25) is 4.79 Å². The smallest absolute Gasteiger partial charge is 0.331 e. The molecule has 0 unspecified atom stereocenters. The van der Waals surface area contributed by atoms with Crippen LogP contribution >= 0.6 is 0 Å². The summed E-state index contributed by atoms with van der Waals surface area (Å²) in [4.78, 5) is 25.5. The lowest BCUT2D eigenvalue weighted by Gasteiger charge is -2.29. The number of rotatable bonds is 3. The Labute approximate surface area is 132 Å². The molecular formula is C17H15FN2O3. The highest BCUT2D eigenvalue weighted by molar-refractivity contribution is 5.96.